The van der Waals surface area contributed by atoms with Gasteiger partial charge in [-0.25, -0.2) is 9.18 Å². The molecule has 0 radical (unpaired) electrons. The van der Waals surface area contributed by atoms with Gasteiger partial charge in [0.1, 0.15) is 17.5 Å². The van der Waals surface area contributed by atoms with Crippen molar-refractivity contribution in [1.29, 1.82) is 5.26 Å². The Morgan fingerprint density at radius 3 is 2.42 bits per heavy atom. The van der Waals surface area contributed by atoms with Crippen LogP contribution in [0.1, 0.15) is 27.3 Å². The SMILES string of the molecule is Cc1cc(/C=C(/C#N)C(=O)Nc2ccc(F)cc2)c(C)n1-c1ccc(C(=O)O)c(Cl)c1. The lowest BCUT2D eigenvalue weighted by Crippen LogP contribution is -2.13. The van der Waals surface area contributed by atoms with E-state index in [1.807, 2.05) is 24.5 Å². The number of hydrogen-bond donors (Lipinski definition) is 2. The lowest BCUT2D eigenvalue weighted by atomic mass is 10.1. The molecule has 3 rings (SSSR count). The molecule has 2 aromatic carbocycles. The zero-order valence-corrected chi connectivity index (χ0v) is 17.4. The standard InChI is InChI=1S/C23H17ClFN3O3/c1-13-9-15(10-16(12-26)22(29)27-18-5-3-17(25)4-6-18)14(2)28(13)19-7-8-20(23(30)31)21(24)11-19/h3-11H,1-2H3,(H,27,29)(H,30,31)/b16-10-. The Morgan fingerprint density at radius 2 is 1.84 bits per heavy atom. The highest BCUT2D eigenvalue weighted by molar-refractivity contribution is 6.33. The first-order chi connectivity index (χ1) is 14.7. The molecule has 0 aliphatic heterocycles. The number of aromatic nitrogens is 1. The number of carboxylic acids is 1. The molecule has 0 aliphatic carbocycles. The van der Waals surface area contributed by atoms with Crippen molar-refractivity contribution < 1.29 is 19.1 Å². The van der Waals surface area contributed by atoms with Crippen molar-refractivity contribution in [3.63, 3.8) is 0 Å². The maximum absolute atomic E-state index is 13.0. The summed E-state index contributed by atoms with van der Waals surface area (Å²) in [6.07, 6.45) is 1.46. The number of aromatic carboxylic acids is 1. The second kappa shape index (κ2) is 8.86. The molecule has 0 aliphatic rings. The predicted octanol–water partition coefficient (Wildman–Crippen LogP) is 5.13. The van der Waals surface area contributed by atoms with Crippen molar-refractivity contribution in [2.24, 2.45) is 0 Å². The number of aryl methyl sites for hydroxylation is 1. The van der Waals surface area contributed by atoms with Gasteiger partial charge in [0.25, 0.3) is 5.91 Å². The summed E-state index contributed by atoms with van der Waals surface area (Å²) in [5.74, 6) is -2.17. The molecule has 0 fully saturated rings. The number of nitrogens with zero attached hydrogens (tertiary/aromatic N) is 2. The van der Waals surface area contributed by atoms with Crippen molar-refractivity contribution in [3.8, 4) is 11.8 Å². The van der Waals surface area contributed by atoms with Crippen LogP contribution in [-0.2, 0) is 4.79 Å². The van der Waals surface area contributed by atoms with Gasteiger partial charge in [0.2, 0.25) is 0 Å². The Hall–Kier alpha value is -3.89. The average Bonchev–Trinajstić information content (AvgIpc) is 3.00. The number of amides is 1. The van der Waals surface area contributed by atoms with Gasteiger partial charge in [0.05, 0.1) is 10.6 Å². The second-order valence-electron chi connectivity index (χ2n) is 6.76. The Morgan fingerprint density at radius 1 is 1.16 bits per heavy atom. The van der Waals surface area contributed by atoms with E-state index in [0.29, 0.717) is 16.9 Å². The fourth-order valence-corrected chi connectivity index (χ4v) is 3.44. The van der Waals surface area contributed by atoms with Gasteiger partial charge in [-0.3, -0.25) is 4.79 Å². The van der Waals surface area contributed by atoms with Crippen LogP contribution in [0, 0.1) is 31.0 Å². The third-order valence-electron chi connectivity index (χ3n) is 4.68. The largest absolute Gasteiger partial charge is 0.478 e. The van der Waals surface area contributed by atoms with Crippen LogP contribution in [0.4, 0.5) is 10.1 Å². The van der Waals surface area contributed by atoms with E-state index in [9.17, 15) is 19.2 Å². The summed E-state index contributed by atoms with van der Waals surface area (Å²) in [5.41, 5.74) is 3.08. The summed E-state index contributed by atoms with van der Waals surface area (Å²) < 4.78 is 14.9. The Labute approximate surface area is 182 Å². The van der Waals surface area contributed by atoms with Gasteiger partial charge in [0.15, 0.2) is 0 Å². The maximum Gasteiger partial charge on any atom is 0.337 e. The number of anilines is 1. The van der Waals surface area contributed by atoms with Gasteiger partial charge in [-0.2, -0.15) is 5.26 Å². The number of carboxylic acid groups (broad SMARTS) is 1. The van der Waals surface area contributed by atoms with Gasteiger partial charge < -0.3 is 15.0 Å². The van der Waals surface area contributed by atoms with E-state index in [-0.39, 0.29) is 16.2 Å². The average molecular weight is 438 g/mol. The van der Waals surface area contributed by atoms with Crippen LogP contribution in [0.15, 0.2) is 54.1 Å². The normalized spacial score (nSPS) is 11.1. The molecule has 156 valence electrons. The van der Waals surface area contributed by atoms with Gasteiger partial charge in [-0.05, 0) is 74.0 Å². The predicted molar refractivity (Wildman–Crippen MR) is 116 cm³/mol. The molecule has 1 heterocycles. The van der Waals surface area contributed by atoms with Crippen LogP contribution in [0.25, 0.3) is 11.8 Å². The number of carbonyl (C=O) groups excluding carboxylic acids is 1. The van der Waals surface area contributed by atoms with Crippen molar-refractivity contribution in [2.45, 2.75) is 13.8 Å². The molecule has 6 nitrogen and oxygen atoms in total. The molecule has 1 aromatic heterocycles. The summed E-state index contributed by atoms with van der Waals surface area (Å²) in [7, 11) is 0. The smallest absolute Gasteiger partial charge is 0.337 e. The molecule has 2 N–H and O–H groups in total. The molecule has 8 heteroatoms. The first-order valence-electron chi connectivity index (χ1n) is 9.12. The highest BCUT2D eigenvalue weighted by Crippen LogP contribution is 2.26. The number of nitriles is 1. The number of nitrogens with one attached hydrogen (secondary N) is 1. The summed E-state index contributed by atoms with van der Waals surface area (Å²) in [6, 6.07) is 13.5. The Kier molecular flexibility index (Phi) is 6.23. The minimum atomic E-state index is -1.12. The Bertz CT molecular complexity index is 1250. The third-order valence-corrected chi connectivity index (χ3v) is 4.99. The van der Waals surface area contributed by atoms with E-state index >= 15 is 0 Å². The lowest BCUT2D eigenvalue weighted by Gasteiger charge is -2.11. The van der Waals surface area contributed by atoms with Crippen molar-refractivity contribution in [2.75, 3.05) is 5.32 Å². The molecule has 31 heavy (non-hydrogen) atoms. The van der Waals surface area contributed by atoms with E-state index < -0.39 is 17.7 Å². The van der Waals surface area contributed by atoms with Crippen LogP contribution in [0.5, 0.6) is 0 Å². The lowest BCUT2D eigenvalue weighted by molar-refractivity contribution is -0.112. The van der Waals surface area contributed by atoms with E-state index in [2.05, 4.69) is 5.32 Å². The van der Waals surface area contributed by atoms with E-state index in [0.717, 1.165) is 11.4 Å². The summed E-state index contributed by atoms with van der Waals surface area (Å²) >= 11 is 6.10. The quantitative estimate of drug-likeness (QED) is 0.427. The number of rotatable bonds is 5. The van der Waals surface area contributed by atoms with E-state index in [1.165, 1.54) is 36.4 Å². The van der Waals surface area contributed by atoms with Crippen LogP contribution in [0.3, 0.4) is 0 Å². The second-order valence-corrected chi connectivity index (χ2v) is 7.17. The minimum Gasteiger partial charge on any atom is -0.478 e. The molecular weight excluding hydrogens is 421 g/mol. The fourth-order valence-electron chi connectivity index (χ4n) is 3.18. The van der Waals surface area contributed by atoms with Gasteiger partial charge >= 0.3 is 5.97 Å². The first-order valence-corrected chi connectivity index (χ1v) is 9.50. The maximum atomic E-state index is 13.0. The molecular formula is C23H17ClFN3O3. The highest BCUT2D eigenvalue weighted by atomic mass is 35.5. The number of benzene rings is 2. The molecule has 0 bridgehead atoms. The highest BCUT2D eigenvalue weighted by Gasteiger charge is 2.16. The van der Waals surface area contributed by atoms with Crippen LogP contribution < -0.4 is 5.32 Å². The zero-order valence-electron chi connectivity index (χ0n) is 16.6. The van der Waals surface area contributed by atoms with Crippen LogP contribution in [-0.4, -0.2) is 21.6 Å². The van der Waals surface area contributed by atoms with E-state index in [4.69, 9.17) is 16.7 Å². The molecule has 0 spiro atoms. The fraction of sp³-hybridized carbons (Fsp3) is 0.0870. The summed E-state index contributed by atoms with van der Waals surface area (Å²) in [6.45, 7) is 3.65. The molecule has 0 unspecified atom stereocenters. The monoisotopic (exact) mass is 437 g/mol. The van der Waals surface area contributed by atoms with E-state index in [1.54, 1.807) is 18.2 Å². The van der Waals surface area contributed by atoms with Gasteiger partial charge in [0, 0.05) is 22.8 Å². The van der Waals surface area contributed by atoms with Crippen molar-refractivity contribution in [1.82, 2.24) is 4.57 Å². The first kappa shape index (κ1) is 21.8. The molecule has 0 saturated carbocycles. The molecule has 0 saturated heterocycles. The molecule has 1 amide bonds. The van der Waals surface area contributed by atoms with Crippen LogP contribution in [0.2, 0.25) is 5.02 Å². The van der Waals surface area contributed by atoms with Gasteiger partial charge in [-0.1, -0.05) is 11.6 Å². The number of carbonyl (C=O) groups is 2. The molecule has 0 atom stereocenters. The summed E-state index contributed by atoms with van der Waals surface area (Å²) in [5, 5.41) is 21.3. The minimum absolute atomic E-state index is 0.00257. The van der Waals surface area contributed by atoms with Crippen LogP contribution >= 0.6 is 11.6 Å². The number of hydrogen-bond acceptors (Lipinski definition) is 3. The number of halogens is 2. The zero-order chi connectivity index (χ0) is 22.7. The Balaban J connectivity index is 1.94. The molecule has 3 aromatic rings. The van der Waals surface area contributed by atoms with Crippen molar-refractivity contribution >= 4 is 35.2 Å². The van der Waals surface area contributed by atoms with Gasteiger partial charge in [-0.15, -0.1) is 0 Å². The third kappa shape index (κ3) is 4.65. The summed E-state index contributed by atoms with van der Waals surface area (Å²) in [4.78, 5) is 23.7. The van der Waals surface area contributed by atoms with Crippen molar-refractivity contribution in [3.05, 3.63) is 87.5 Å². The topological polar surface area (TPSA) is 95.1 Å².